The third-order valence-corrected chi connectivity index (χ3v) is 6.98. The molecule has 0 radical (unpaired) electrons. The fourth-order valence-corrected chi connectivity index (χ4v) is 5.11. The van der Waals surface area contributed by atoms with E-state index < -0.39 is 0 Å². The third-order valence-electron chi connectivity index (χ3n) is 4.91. The first-order chi connectivity index (χ1) is 15.3. The highest BCUT2D eigenvalue weighted by Crippen LogP contribution is 2.24. The molecule has 31 heavy (non-hydrogen) atoms. The summed E-state index contributed by atoms with van der Waals surface area (Å²) in [4.78, 5) is 27.1. The summed E-state index contributed by atoms with van der Waals surface area (Å²) in [5.74, 6) is 1.54. The number of thioether (sulfide) groups is 2. The predicted octanol–water partition coefficient (Wildman–Crippen LogP) is 4.62. The second kappa shape index (κ2) is 13.5. The van der Waals surface area contributed by atoms with E-state index in [0.717, 1.165) is 58.1 Å². The minimum Gasteiger partial charge on any atom is -0.380 e. The Kier molecular flexibility index (Phi) is 10.3. The lowest BCUT2D eigenvalue weighted by atomic mass is 10.1. The van der Waals surface area contributed by atoms with E-state index >= 15 is 0 Å². The molecule has 0 saturated heterocycles. The minimum absolute atomic E-state index is 0.0173. The molecule has 0 fully saturated rings. The van der Waals surface area contributed by atoms with Crippen LogP contribution >= 0.6 is 23.5 Å². The Morgan fingerprint density at radius 3 is 1.58 bits per heavy atom. The molecule has 5 nitrogen and oxygen atoms in total. The molecule has 166 valence electrons. The van der Waals surface area contributed by atoms with E-state index in [2.05, 4.69) is 10.6 Å². The molecule has 2 amide bonds. The van der Waals surface area contributed by atoms with E-state index in [9.17, 15) is 9.59 Å². The predicted molar refractivity (Wildman–Crippen MR) is 128 cm³/mol. The molecule has 0 unspecified atom stereocenters. The van der Waals surface area contributed by atoms with Gasteiger partial charge in [0.15, 0.2) is 0 Å². The van der Waals surface area contributed by atoms with Crippen molar-refractivity contribution in [1.82, 2.24) is 10.6 Å². The van der Waals surface area contributed by atoms with E-state index in [4.69, 9.17) is 4.74 Å². The number of hydrogen-bond donors (Lipinski definition) is 2. The largest absolute Gasteiger partial charge is 0.380 e. The highest BCUT2D eigenvalue weighted by Gasteiger charge is 2.12. The lowest BCUT2D eigenvalue weighted by Crippen LogP contribution is -2.25. The Hall–Kier alpha value is -1.96. The van der Waals surface area contributed by atoms with Crippen molar-refractivity contribution >= 4 is 35.3 Å². The fourth-order valence-electron chi connectivity index (χ4n) is 3.28. The normalized spacial score (nSPS) is 17.9. The van der Waals surface area contributed by atoms with E-state index in [1.54, 1.807) is 23.5 Å². The second-order valence-corrected chi connectivity index (χ2v) is 9.50. The highest BCUT2D eigenvalue weighted by atomic mass is 32.2. The van der Waals surface area contributed by atoms with Crippen LogP contribution in [0, 0.1) is 0 Å². The smallest absolute Gasteiger partial charge is 0.252 e. The van der Waals surface area contributed by atoms with Crippen molar-refractivity contribution in [2.45, 2.75) is 35.5 Å². The number of carbonyl (C=O) groups excluding carboxylic acids is 2. The summed E-state index contributed by atoms with van der Waals surface area (Å²) < 4.78 is 5.77. The Labute approximate surface area is 193 Å². The van der Waals surface area contributed by atoms with Gasteiger partial charge in [-0.05, 0) is 37.1 Å². The molecule has 2 aromatic carbocycles. The maximum absolute atomic E-state index is 12.6. The topological polar surface area (TPSA) is 67.4 Å². The van der Waals surface area contributed by atoms with E-state index in [1.807, 2.05) is 48.5 Å². The summed E-state index contributed by atoms with van der Waals surface area (Å²) in [6, 6.07) is 15.5. The summed E-state index contributed by atoms with van der Waals surface area (Å²) >= 11 is 3.29. The van der Waals surface area contributed by atoms with Gasteiger partial charge in [-0.2, -0.15) is 0 Å². The number of fused-ring (bicyclic) bond motifs is 2. The molecule has 1 aliphatic rings. The first kappa shape index (κ1) is 23.7. The van der Waals surface area contributed by atoms with Gasteiger partial charge in [0.2, 0.25) is 0 Å². The summed E-state index contributed by atoms with van der Waals surface area (Å²) in [5, 5.41) is 6.06. The van der Waals surface area contributed by atoms with Gasteiger partial charge in [0.05, 0.1) is 24.3 Å². The fraction of sp³-hybridized carbons (Fsp3) is 0.417. The van der Waals surface area contributed by atoms with Gasteiger partial charge in [0.1, 0.15) is 0 Å². The molecule has 3 rings (SSSR count). The van der Waals surface area contributed by atoms with Gasteiger partial charge in [0, 0.05) is 34.4 Å². The number of nitrogens with one attached hydrogen (secondary N) is 2. The van der Waals surface area contributed by atoms with Gasteiger partial charge in [-0.15, -0.1) is 23.5 Å². The van der Waals surface area contributed by atoms with Gasteiger partial charge >= 0.3 is 0 Å². The van der Waals surface area contributed by atoms with Crippen LogP contribution in [0.5, 0.6) is 0 Å². The SMILES string of the molecule is O=C1NCCCCCCNC(=O)c2ccccc2SCCOCCSc2ccccc21. The van der Waals surface area contributed by atoms with Crippen LogP contribution in [0.4, 0.5) is 0 Å². The average Bonchev–Trinajstić information content (AvgIpc) is 2.80. The Balaban J connectivity index is 1.59. The van der Waals surface area contributed by atoms with Crippen molar-refractivity contribution < 1.29 is 14.3 Å². The molecule has 0 spiro atoms. The molecule has 0 bridgehead atoms. The monoisotopic (exact) mass is 458 g/mol. The third kappa shape index (κ3) is 7.91. The average molecular weight is 459 g/mol. The van der Waals surface area contributed by atoms with Crippen LogP contribution in [0.1, 0.15) is 46.4 Å². The van der Waals surface area contributed by atoms with Crippen LogP contribution in [0.3, 0.4) is 0 Å². The second-order valence-electron chi connectivity index (χ2n) is 7.23. The molecule has 0 aliphatic carbocycles. The van der Waals surface area contributed by atoms with Crippen molar-refractivity contribution in [3.63, 3.8) is 0 Å². The molecule has 2 N–H and O–H groups in total. The number of carbonyl (C=O) groups is 2. The van der Waals surface area contributed by atoms with Crippen LogP contribution in [0.2, 0.25) is 0 Å². The van der Waals surface area contributed by atoms with Crippen molar-refractivity contribution in [2.75, 3.05) is 37.8 Å². The minimum atomic E-state index is -0.0173. The number of benzene rings is 2. The first-order valence-corrected chi connectivity index (χ1v) is 12.8. The van der Waals surface area contributed by atoms with Crippen LogP contribution in [-0.2, 0) is 4.74 Å². The van der Waals surface area contributed by atoms with Crippen molar-refractivity contribution in [1.29, 1.82) is 0 Å². The van der Waals surface area contributed by atoms with Gasteiger partial charge in [0.25, 0.3) is 11.8 Å². The van der Waals surface area contributed by atoms with Crippen LogP contribution in [0.25, 0.3) is 0 Å². The summed E-state index contributed by atoms with van der Waals surface area (Å²) in [7, 11) is 0. The molecule has 7 heteroatoms. The molecule has 2 aromatic rings. The Morgan fingerprint density at radius 2 is 1.10 bits per heavy atom. The van der Waals surface area contributed by atoms with E-state index in [0.29, 0.717) is 26.3 Å². The molecular weight excluding hydrogens is 428 g/mol. The summed E-state index contributed by atoms with van der Waals surface area (Å²) in [5.41, 5.74) is 1.46. The molecular formula is C24H30N2O3S2. The standard InChI is InChI=1S/C24H30N2O3S2/c27-23-19-9-3-5-11-21(19)30-17-15-29-16-18-31-22-12-6-4-10-20(22)24(28)26-14-8-2-1-7-13-25-23/h3-6,9-12H,1-2,7-8,13-18H2,(H,25,27)(H,26,28). The molecule has 0 saturated carbocycles. The van der Waals surface area contributed by atoms with Gasteiger partial charge in [-0.1, -0.05) is 37.1 Å². The summed E-state index contributed by atoms with van der Waals surface area (Å²) in [6.45, 7) is 2.56. The highest BCUT2D eigenvalue weighted by molar-refractivity contribution is 7.99. The van der Waals surface area contributed by atoms with E-state index in [-0.39, 0.29) is 11.8 Å². The number of rotatable bonds is 0. The zero-order chi connectivity index (χ0) is 21.7. The quantitative estimate of drug-likeness (QED) is 0.603. The Morgan fingerprint density at radius 1 is 0.645 bits per heavy atom. The number of amides is 2. The molecule has 0 atom stereocenters. The van der Waals surface area contributed by atoms with Crippen molar-refractivity contribution in [3.8, 4) is 0 Å². The zero-order valence-corrected chi connectivity index (χ0v) is 19.4. The van der Waals surface area contributed by atoms with Gasteiger partial charge < -0.3 is 15.4 Å². The van der Waals surface area contributed by atoms with Crippen LogP contribution < -0.4 is 10.6 Å². The number of ether oxygens (including phenoxy) is 1. The molecule has 1 heterocycles. The van der Waals surface area contributed by atoms with Crippen LogP contribution in [0.15, 0.2) is 58.3 Å². The Bertz CT molecular complexity index is 791. The van der Waals surface area contributed by atoms with Gasteiger partial charge in [-0.25, -0.2) is 0 Å². The first-order valence-electron chi connectivity index (χ1n) is 10.8. The van der Waals surface area contributed by atoms with E-state index in [1.165, 1.54) is 0 Å². The van der Waals surface area contributed by atoms with Crippen molar-refractivity contribution in [3.05, 3.63) is 59.7 Å². The van der Waals surface area contributed by atoms with Crippen molar-refractivity contribution in [2.24, 2.45) is 0 Å². The maximum Gasteiger partial charge on any atom is 0.252 e. The number of hydrogen-bond acceptors (Lipinski definition) is 5. The molecule has 0 aromatic heterocycles. The molecule has 1 aliphatic heterocycles. The lowest BCUT2D eigenvalue weighted by Gasteiger charge is -2.10. The van der Waals surface area contributed by atoms with Gasteiger partial charge in [-0.3, -0.25) is 9.59 Å². The maximum atomic E-state index is 12.6. The lowest BCUT2D eigenvalue weighted by molar-refractivity contribution is 0.0940. The summed E-state index contributed by atoms with van der Waals surface area (Å²) in [6.07, 6.45) is 3.91. The zero-order valence-electron chi connectivity index (χ0n) is 17.7. The van der Waals surface area contributed by atoms with Crippen LogP contribution in [-0.4, -0.2) is 49.6 Å².